The van der Waals surface area contributed by atoms with E-state index in [-0.39, 0.29) is 0 Å². The number of hydrogen-bond acceptors (Lipinski definition) is 0. The molecule has 1 unspecified atom stereocenters. The van der Waals surface area contributed by atoms with Gasteiger partial charge in [-0.05, 0) is 0 Å². The molecule has 0 saturated heterocycles. The molecule has 4 aromatic rings. The second-order valence-corrected chi connectivity index (χ2v) is 13.1. The fourth-order valence-electron chi connectivity index (χ4n) is 5.69. The predicted molar refractivity (Wildman–Crippen MR) is 150 cm³/mol. The molecule has 2 aliphatic rings. The van der Waals surface area contributed by atoms with Crippen molar-refractivity contribution < 1.29 is 22.8 Å². The Morgan fingerprint density at radius 3 is 2.14 bits per heavy atom. The summed E-state index contributed by atoms with van der Waals surface area (Å²) in [4.78, 5) is 0. The van der Waals surface area contributed by atoms with E-state index in [4.69, 9.17) is 0 Å². The third-order valence-corrected chi connectivity index (χ3v) is 11.9. The Morgan fingerprint density at radius 1 is 0.750 bits per heavy atom. The molecule has 6 rings (SSSR count). The quantitative estimate of drug-likeness (QED) is 0.219. The molecule has 175 valence electrons. The number of fused-ring (bicyclic) bond motifs is 3. The van der Waals surface area contributed by atoms with Crippen LogP contribution in [0.4, 0.5) is 0 Å². The van der Waals surface area contributed by atoms with Gasteiger partial charge >= 0.3 is 228 Å². The van der Waals surface area contributed by atoms with E-state index in [1.54, 1.807) is 8.78 Å². The Hall–Kier alpha value is -2.89. The summed E-state index contributed by atoms with van der Waals surface area (Å²) < 4.78 is 2.11. The first-order chi connectivity index (χ1) is 17.8. The Morgan fingerprint density at radius 2 is 1.42 bits per heavy atom. The molecule has 0 aromatic heterocycles. The van der Waals surface area contributed by atoms with E-state index in [9.17, 15) is 0 Å². The van der Waals surface area contributed by atoms with Gasteiger partial charge in [-0.2, -0.15) is 0 Å². The maximum atomic E-state index is 2.51. The van der Waals surface area contributed by atoms with Crippen molar-refractivity contribution in [2.24, 2.45) is 0 Å². The molecule has 36 heavy (non-hydrogen) atoms. The number of allylic oxidation sites excluding steroid dienone is 4. The molecule has 0 spiro atoms. The van der Waals surface area contributed by atoms with Gasteiger partial charge in [0.1, 0.15) is 0 Å². The first-order valence-electron chi connectivity index (χ1n) is 13.2. The van der Waals surface area contributed by atoms with Crippen molar-refractivity contribution in [1.29, 1.82) is 0 Å². The van der Waals surface area contributed by atoms with Crippen LogP contribution >= 0.6 is 0 Å². The average molecular weight is 543 g/mol. The number of hydrogen-bond donors (Lipinski definition) is 0. The summed E-state index contributed by atoms with van der Waals surface area (Å²) in [5.41, 5.74) is 13.3. The van der Waals surface area contributed by atoms with E-state index in [2.05, 4.69) is 122 Å². The summed E-state index contributed by atoms with van der Waals surface area (Å²) in [6.07, 6.45) is 9.49. The van der Waals surface area contributed by atoms with Gasteiger partial charge < -0.3 is 0 Å². The summed E-state index contributed by atoms with van der Waals surface area (Å²) in [6, 6.07) is 38.7. The molecule has 0 bridgehead atoms. The molecule has 1 heteroatoms. The molecule has 4 aromatic carbocycles. The molecule has 0 radical (unpaired) electrons. The van der Waals surface area contributed by atoms with Crippen molar-refractivity contribution in [3.63, 3.8) is 0 Å². The van der Waals surface area contributed by atoms with E-state index in [0.29, 0.717) is 3.63 Å². The van der Waals surface area contributed by atoms with Gasteiger partial charge in [0.25, 0.3) is 0 Å². The van der Waals surface area contributed by atoms with E-state index in [0.717, 1.165) is 6.42 Å². The van der Waals surface area contributed by atoms with Crippen LogP contribution in [0.1, 0.15) is 64.1 Å². The fraction of sp³-hybridized carbons (Fsp3) is 0.171. The van der Waals surface area contributed by atoms with Crippen LogP contribution in [0.3, 0.4) is 0 Å². The summed E-state index contributed by atoms with van der Waals surface area (Å²) in [6.45, 7) is 2.28. The zero-order chi connectivity index (χ0) is 24.3. The normalized spacial score (nSPS) is 15.5. The molecular weight excluding hydrogens is 512 g/mol. The van der Waals surface area contributed by atoms with Crippen molar-refractivity contribution in [1.82, 2.24) is 0 Å². The van der Waals surface area contributed by atoms with Crippen LogP contribution in [-0.4, -0.2) is 3.21 Å². The molecule has 1 atom stereocenters. The van der Waals surface area contributed by atoms with Crippen molar-refractivity contribution in [3.05, 3.63) is 149 Å². The minimum atomic E-state index is -1.04. The Balaban J connectivity index is 1.48. The van der Waals surface area contributed by atoms with Crippen molar-refractivity contribution in [3.8, 4) is 11.1 Å². The first kappa shape index (κ1) is 23.5. The predicted octanol–water partition coefficient (Wildman–Crippen LogP) is 9.01. The van der Waals surface area contributed by atoms with Crippen molar-refractivity contribution >= 4 is 8.78 Å². The van der Waals surface area contributed by atoms with E-state index in [1.807, 2.05) is 0 Å². The van der Waals surface area contributed by atoms with Crippen molar-refractivity contribution in [2.45, 2.75) is 36.2 Å². The summed E-state index contributed by atoms with van der Waals surface area (Å²) in [7, 11) is 0. The minimum absolute atomic E-state index is 0.527. The van der Waals surface area contributed by atoms with Crippen LogP contribution in [0.15, 0.2) is 121 Å². The Bertz CT molecular complexity index is 1430. The second-order valence-electron chi connectivity index (χ2n) is 9.79. The topological polar surface area (TPSA) is 0 Å². The van der Waals surface area contributed by atoms with Gasteiger partial charge in [0.15, 0.2) is 0 Å². The van der Waals surface area contributed by atoms with Gasteiger partial charge in [-0.15, -0.1) is 0 Å². The van der Waals surface area contributed by atoms with Gasteiger partial charge in [0, 0.05) is 0 Å². The van der Waals surface area contributed by atoms with Crippen LogP contribution in [0.2, 0.25) is 0 Å². The Kier molecular flexibility index (Phi) is 6.93. The standard InChI is InChI=1S/C22H21.C13H10.Zr/c1-2-3-7-16-9-6-11-20(16)19-13-12-18-14-17-8-4-5-10-21(17)22(18)15-19;1-3-7-12(8-4-1)11-13-9-5-2-6-10-13;/h4-6,8-10,12-15H,2-3,7,11H2,1H3;1-10H;. The molecule has 2 aliphatic carbocycles. The summed E-state index contributed by atoms with van der Waals surface area (Å²) in [5, 5.41) is 0. The molecule has 0 saturated carbocycles. The maximum absolute atomic E-state index is 2.51. The molecule has 0 amide bonds. The van der Waals surface area contributed by atoms with Crippen LogP contribution < -0.4 is 0 Å². The molecule has 0 heterocycles. The summed E-state index contributed by atoms with van der Waals surface area (Å²) in [5.74, 6) is 0. The number of benzene rings is 4. The number of rotatable bonds is 7. The molecule has 0 N–H and O–H groups in total. The number of unbranched alkanes of at least 4 members (excludes halogenated alkanes) is 1. The average Bonchev–Trinajstić information content (AvgIpc) is 3.54. The van der Waals surface area contributed by atoms with Gasteiger partial charge in [0.05, 0.1) is 0 Å². The van der Waals surface area contributed by atoms with Gasteiger partial charge in [-0.25, -0.2) is 0 Å². The van der Waals surface area contributed by atoms with Crippen LogP contribution in [-0.2, 0) is 22.8 Å². The zero-order valence-electron chi connectivity index (χ0n) is 20.9. The molecule has 0 nitrogen and oxygen atoms in total. The summed E-state index contributed by atoms with van der Waals surface area (Å²) >= 11 is -1.04. The zero-order valence-corrected chi connectivity index (χ0v) is 23.3. The molecular formula is C35H31Zr. The Labute approximate surface area is 226 Å². The van der Waals surface area contributed by atoms with Gasteiger partial charge in [-0.1, -0.05) is 0 Å². The molecule has 0 aliphatic heterocycles. The van der Waals surface area contributed by atoms with E-state index in [1.165, 1.54) is 63.8 Å². The second kappa shape index (κ2) is 10.6. The van der Waals surface area contributed by atoms with E-state index < -0.39 is 22.8 Å². The van der Waals surface area contributed by atoms with Crippen LogP contribution in [0.25, 0.3) is 16.7 Å². The first-order valence-corrected chi connectivity index (χ1v) is 15.8. The monoisotopic (exact) mass is 541 g/mol. The van der Waals surface area contributed by atoms with Crippen LogP contribution in [0.5, 0.6) is 0 Å². The third-order valence-electron chi connectivity index (χ3n) is 7.52. The van der Waals surface area contributed by atoms with E-state index >= 15 is 0 Å². The van der Waals surface area contributed by atoms with Crippen molar-refractivity contribution in [2.75, 3.05) is 0 Å². The van der Waals surface area contributed by atoms with Gasteiger partial charge in [0.2, 0.25) is 0 Å². The van der Waals surface area contributed by atoms with Gasteiger partial charge in [-0.3, -0.25) is 0 Å². The third kappa shape index (κ3) is 4.51. The fourth-order valence-corrected chi connectivity index (χ4v) is 10.0. The molecule has 0 fully saturated rings. The SMILES string of the molecule is CCCCC1=C(c2ccc3c(c2)-c2ccccc2[CH]3[Zr]=[C](c2ccccc2)c2ccccc2)CC=C1. The van der Waals surface area contributed by atoms with Crippen LogP contribution in [0, 0.1) is 0 Å².